The van der Waals surface area contributed by atoms with Gasteiger partial charge in [0.1, 0.15) is 5.75 Å². The highest BCUT2D eigenvalue weighted by Crippen LogP contribution is 2.34. The highest BCUT2D eigenvalue weighted by molar-refractivity contribution is 6.09. The quantitative estimate of drug-likeness (QED) is 0.159. The molecule has 210 valence electrons. The number of rotatable bonds is 10. The summed E-state index contributed by atoms with van der Waals surface area (Å²) in [4.78, 5) is 9.21. The number of ether oxygens (including phenoxy) is 1. The van der Waals surface area contributed by atoms with Crippen molar-refractivity contribution >= 4 is 43.6 Å². The van der Waals surface area contributed by atoms with Crippen molar-refractivity contribution in [2.75, 3.05) is 6.61 Å². The van der Waals surface area contributed by atoms with Gasteiger partial charge in [0.15, 0.2) is 0 Å². The van der Waals surface area contributed by atoms with Gasteiger partial charge in [-0.3, -0.25) is 9.97 Å². The third-order valence-corrected chi connectivity index (χ3v) is 8.52. The van der Waals surface area contributed by atoms with Crippen molar-refractivity contribution in [3.63, 3.8) is 0 Å². The molecular formula is C37H36N4O. The lowest BCUT2D eigenvalue weighted by Crippen LogP contribution is -2.04. The molecule has 0 N–H and O–H groups in total. The van der Waals surface area contributed by atoms with Crippen LogP contribution in [0.3, 0.4) is 0 Å². The number of benzene rings is 3. The summed E-state index contributed by atoms with van der Waals surface area (Å²) in [6.45, 7) is 6.80. The predicted molar refractivity (Wildman–Crippen MR) is 173 cm³/mol. The van der Waals surface area contributed by atoms with Crippen LogP contribution in [0.1, 0.15) is 36.2 Å². The van der Waals surface area contributed by atoms with Crippen molar-refractivity contribution in [1.82, 2.24) is 19.1 Å². The summed E-state index contributed by atoms with van der Waals surface area (Å²) < 4.78 is 11.2. The van der Waals surface area contributed by atoms with Crippen LogP contribution in [0.15, 0.2) is 97.3 Å². The van der Waals surface area contributed by atoms with Gasteiger partial charge in [0, 0.05) is 58.6 Å². The van der Waals surface area contributed by atoms with Gasteiger partial charge in [0.25, 0.3) is 0 Å². The second kappa shape index (κ2) is 11.3. The van der Waals surface area contributed by atoms with E-state index < -0.39 is 0 Å². The van der Waals surface area contributed by atoms with Crippen molar-refractivity contribution in [3.8, 4) is 5.75 Å². The topological polar surface area (TPSA) is 44.9 Å². The number of pyridine rings is 2. The van der Waals surface area contributed by atoms with Crippen LogP contribution >= 0.6 is 0 Å². The maximum atomic E-state index is 6.34. The van der Waals surface area contributed by atoms with Gasteiger partial charge in [-0.25, -0.2) is 0 Å². The lowest BCUT2D eigenvalue weighted by atomic mass is 10.1. The Morgan fingerprint density at radius 3 is 2.00 bits per heavy atom. The normalized spacial score (nSPS) is 11.8. The summed E-state index contributed by atoms with van der Waals surface area (Å²) >= 11 is 0. The van der Waals surface area contributed by atoms with Crippen LogP contribution < -0.4 is 4.74 Å². The average molecular weight is 553 g/mol. The first kappa shape index (κ1) is 26.3. The number of fused-ring (bicyclic) bond motifs is 6. The number of hydrogen-bond acceptors (Lipinski definition) is 3. The molecule has 7 rings (SSSR count). The predicted octanol–water partition coefficient (Wildman–Crippen LogP) is 8.80. The van der Waals surface area contributed by atoms with E-state index in [4.69, 9.17) is 4.74 Å². The zero-order chi connectivity index (χ0) is 28.5. The molecule has 42 heavy (non-hydrogen) atoms. The maximum Gasteiger partial charge on any atom is 0.121 e. The van der Waals surface area contributed by atoms with Crippen molar-refractivity contribution in [2.45, 2.75) is 52.6 Å². The third-order valence-electron chi connectivity index (χ3n) is 8.52. The minimum atomic E-state index is 0.689. The molecule has 5 heteroatoms. The minimum Gasteiger partial charge on any atom is -0.494 e. The Morgan fingerprint density at radius 1 is 0.595 bits per heavy atom. The average Bonchev–Trinajstić information content (AvgIpc) is 3.51. The fraction of sp³-hybridized carbons (Fsp3) is 0.243. The van der Waals surface area contributed by atoms with Crippen LogP contribution in [0.2, 0.25) is 0 Å². The van der Waals surface area contributed by atoms with E-state index in [9.17, 15) is 0 Å². The van der Waals surface area contributed by atoms with Gasteiger partial charge in [-0.15, -0.1) is 0 Å². The molecule has 0 atom stereocenters. The molecule has 0 saturated heterocycles. The third kappa shape index (κ3) is 4.79. The molecule has 7 aromatic rings. The highest BCUT2D eigenvalue weighted by Gasteiger charge is 2.15. The second-order valence-corrected chi connectivity index (χ2v) is 11.2. The Bertz CT molecular complexity index is 2020. The number of aryl methyl sites for hydroxylation is 5. The molecule has 0 amide bonds. The summed E-state index contributed by atoms with van der Waals surface area (Å²) in [6, 6.07) is 30.3. The van der Waals surface area contributed by atoms with E-state index in [0.717, 1.165) is 55.9 Å². The fourth-order valence-corrected chi connectivity index (χ4v) is 6.58. The fourth-order valence-electron chi connectivity index (χ4n) is 6.58. The maximum absolute atomic E-state index is 6.34. The van der Waals surface area contributed by atoms with Crippen LogP contribution in [0.25, 0.3) is 43.6 Å². The molecule has 0 radical (unpaired) electrons. The molecule has 0 aliphatic carbocycles. The summed E-state index contributed by atoms with van der Waals surface area (Å²) in [5.41, 5.74) is 8.51. The Labute approximate surface area is 246 Å². The highest BCUT2D eigenvalue weighted by atomic mass is 16.5. The summed E-state index contributed by atoms with van der Waals surface area (Å²) in [7, 11) is 0. The minimum absolute atomic E-state index is 0.689. The van der Waals surface area contributed by atoms with E-state index in [2.05, 4.69) is 118 Å². The van der Waals surface area contributed by atoms with Gasteiger partial charge >= 0.3 is 0 Å². The molecule has 4 heterocycles. The second-order valence-electron chi connectivity index (χ2n) is 11.2. The lowest BCUT2D eigenvalue weighted by Gasteiger charge is -2.11. The van der Waals surface area contributed by atoms with Gasteiger partial charge in [-0.2, -0.15) is 0 Å². The van der Waals surface area contributed by atoms with E-state index in [-0.39, 0.29) is 0 Å². The van der Waals surface area contributed by atoms with Crippen molar-refractivity contribution in [2.24, 2.45) is 0 Å². The zero-order valence-electron chi connectivity index (χ0n) is 24.4. The molecule has 4 aromatic heterocycles. The van der Waals surface area contributed by atoms with E-state index in [0.29, 0.717) is 6.61 Å². The van der Waals surface area contributed by atoms with E-state index >= 15 is 0 Å². The number of unbranched alkanes of at least 4 members (excludes halogenated alkanes) is 1. The smallest absolute Gasteiger partial charge is 0.121 e. The Morgan fingerprint density at radius 2 is 1.24 bits per heavy atom. The SMILES string of the molecule is Cc1nccc2c3ccccc3n(CCCCOc3ccc4c5ccnc(C)c5n(CCCc5ccccc5)c4c3)c12. The number of hydrogen-bond donors (Lipinski definition) is 0. The molecule has 3 aromatic carbocycles. The monoisotopic (exact) mass is 552 g/mol. The number of aromatic nitrogens is 4. The van der Waals surface area contributed by atoms with Gasteiger partial charge in [0.05, 0.1) is 34.5 Å². The van der Waals surface area contributed by atoms with Crippen LogP contribution in [0.4, 0.5) is 0 Å². The molecule has 0 saturated carbocycles. The molecule has 0 aliphatic heterocycles. The largest absolute Gasteiger partial charge is 0.494 e. The summed E-state index contributed by atoms with van der Waals surface area (Å²) in [5.74, 6) is 0.928. The van der Waals surface area contributed by atoms with E-state index in [1.54, 1.807) is 0 Å². The molecule has 0 bridgehead atoms. The standard InChI is InChI=1S/C37H36N4O/c1-26-36-32(18-20-38-26)30-14-6-7-15-34(30)40(36)22-8-9-24-42-29-16-17-31-33-19-21-39-27(2)37(33)41(35(31)25-29)23-10-13-28-11-4-3-5-12-28/h3-7,11-12,14-21,25H,8-10,13,22-24H2,1-2H3. The van der Waals surface area contributed by atoms with E-state index in [1.165, 1.54) is 49.2 Å². The van der Waals surface area contributed by atoms with Crippen molar-refractivity contribution in [3.05, 3.63) is 114 Å². The molecule has 0 aliphatic rings. The van der Waals surface area contributed by atoms with Gasteiger partial charge in [-0.05, 0) is 75.4 Å². The molecule has 0 spiro atoms. The van der Waals surface area contributed by atoms with Gasteiger partial charge < -0.3 is 13.9 Å². The van der Waals surface area contributed by atoms with Crippen LogP contribution in [-0.4, -0.2) is 25.7 Å². The summed E-state index contributed by atoms with van der Waals surface area (Å²) in [5, 5.41) is 5.11. The Balaban J connectivity index is 1.07. The lowest BCUT2D eigenvalue weighted by molar-refractivity contribution is 0.304. The van der Waals surface area contributed by atoms with Crippen molar-refractivity contribution < 1.29 is 4.74 Å². The Hall–Kier alpha value is -4.64. The molecule has 0 fully saturated rings. The van der Waals surface area contributed by atoms with Crippen LogP contribution in [0.5, 0.6) is 5.75 Å². The summed E-state index contributed by atoms with van der Waals surface area (Å²) in [6.07, 6.45) is 7.98. The van der Waals surface area contributed by atoms with Gasteiger partial charge in [0.2, 0.25) is 0 Å². The number of nitrogens with zero attached hydrogens (tertiary/aromatic N) is 4. The molecule has 5 nitrogen and oxygen atoms in total. The Kier molecular flexibility index (Phi) is 7.08. The van der Waals surface area contributed by atoms with Crippen molar-refractivity contribution in [1.29, 1.82) is 0 Å². The van der Waals surface area contributed by atoms with Gasteiger partial charge in [-0.1, -0.05) is 48.5 Å². The van der Waals surface area contributed by atoms with Crippen LogP contribution in [-0.2, 0) is 19.5 Å². The van der Waals surface area contributed by atoms with E-state index in [1.807, 2.05) is 12.4 Å². The first-order valence-electron chi connectivity index (χ1n) is 15.1. The molecular weight excluding hydrogens is 516 g/mol. The number of para-hydroxylation sites is 1. The molecule has 0 unspecified atom stereocenters. The first-order chi connectivity index (χ1) is 20.7. The zero-order valence-corrected chi connectivity index (χ0v) is 24.4. The van der Waals surface area contributed by atoms with Crippen LogP contribution in [0, 0.1) is 13.8 Å². The first-order valence-corrected chi connectivity index (χ1v) is 15.1.